The van der Waals surface area contributed by atoms with Gasteiger partial charge in [-0.2, -0.15) is 0 Å². The van der Waals surface area contributed by atoms with Crippen LogP contribution in [0, 0.1) is 0 Å². The smallest absolute Gasteiger partial charge is 0.224 e. The van der Waals surface area contributed by atoms with Crippen molar-refractivity contribution < 1.29 is 9.21 Å². The minimum Gasteiger partial charge on any atom is -0.443 e. The number of hydrogen-bond acceptors (Lipinski definition) is 4. The van der Waals surface area contributed by atoms with Gasteiger partial charge in [0.05, 0.1) is 0 Å². The van der Waals surface area contributed by atoms with E-state index in [0.717, 1.165) is 16.7 Å². The zero-order chi connectivity index (χ0) is 14.0. The number of nitrogens with two attached hydrogens (primary N) is 1. The third-order valence-electron chi connectivity index (χ3n) is 2.85. The number of carbonyl (C=O) groups is 1. The van der Waals surface area contributed by atoms with Gasteiger partial charge in [-0.05, 0) is 31.5 Å². The molecular weight excluding hydrogens is 242 g/mol. The summed E-state index contributed by atoms with van der Waals surface area (Å²) < 4.78 is 5.25. The molecule has 0 radical (unpaired) electrons. The number of aromatic nitrogens is 1. The van der Waals surface area contributed by atoms with E-state index in [1.807, 2.05) is 32.0 Å². The van der Waals surface area contributed by atoms with E-state index in [1.54, 1.807) is 11.9 Å². The van der Waals surface area contributed by atoms with E-state index < -0.39 is 5.54 Å². The molecule has 1 aromatic heterocycles. The Morgan fingerprint density at radius 2 is 2.21 bits per heavy atom. The molecule has 5 heteroatoms. The second-order valence-corrected chi connectivity index (χ2v) is 5.57. The van der Waals surface area contributed by atoms with Crippen LogP contribution in [0.2, 0.25) is 0 Å². The molecule has 5 nitrogen and oxygen atoms in total. The van der Waals surface area contributed by atoms with Crippen molar-refractivity contribution in [1.82, 2.24) is 9.88 Å². The third-order valence-corrected chi connectivity index (χ3v) is 2.85. The summed E-state index contributed by atoms with van der Waals surface area (Å²) in [4.78, 5) is 17.7. The van der Waals surface area contributed by atoms with E-state index >= 15 is 0 Å². The number of benzene rings is 1. The summed E-state index contributed by atoms with van der Waals surface area (Å²) in [7, 11) is 1.78. The van der Waals surface area contributed by atoms with Crippen LogP contribution < -0.4 is 5.73 Å². The number of amides is 1. The molecule has 1 amide bonds. The van der Waals surface area contributed by atoms with Crippen molar-refractivity contribution in [3.8, 4) is 0 Å². The first-order valence-corrected chi connectivity index (χ1v) is 6.20. The SMILES string of the molecule is CN(Cc1ccc2ncoc2c1)C(=O)CC(C)(C)N. The Bertz CT molecular complexity index is 584. The highest BCUT2D eigenvalue weighted by molar-refractivity contribution is 5.77. The Labute approximate surface area is 112 Å². The van der Waals surface area contributed by atoms with Crippen LogP contribution >= 0.6 is 0 Å². The van der Waals surface area contributed by atoms with E-state index in [2.05, 4.69) is 4.98 Å². The van der Waals surface area contributed by atoms with E-state index in [-0.39, 0.29) is 5.91 Å². The number of nitrogens with zero attached hydrogens (tertiary/aromatic N) is 2. The monoisotopic (exact) mass is 261 g/mol. The first kappa shape index (κ1) is 13.5. The van der Waals surface area contributed by atoms with Crippen molar-refractivity contribution >= 4 is 17.0 Å². The van der Waals surface area contributed by atoms with Crippen LogP contribution in [0.15, 0.2) is 29.0 Å². The molecule has 2 rings (SSSR count). The Morgan fingerprint density at radius 1 is 1.47 bits per heavy atom. The van der Waals surface area contributed by atoms with Crippen LogP contribution in [0.4, 0.5) is 0 Å². The van der Waals surface area contributed by atoms with Gasteiger partial charge in [0.15, 0.2) is 12.0 Å². The summed E-state index contributed by atoms with van der Waals surface area (Å²) in [5, 5.41) is 0. The molecule has 0 atom stereocenters. The second-order valence-electron chi connectivity index (χ2n) is 5.57. The Kier molecular flexibility index (Phi) is 3.57. The van der Waals surface area contributed by atoms with Crippen LogP contribution in [-0.4, -0.2) is 28.4 Å². The minimum absolute atomic E-state index is 0.0326. The van der Waals surface area contributed by atoms with Gasteiger partial charge in [0.25, 0.3) is 0 Å². The van der Waals surface area contributed by atoms with Crippen LogP contribution in [-0.2, 0) is 11.3 Å². The maximum absolute atomic E-state index is 12.0. The summed E-state index contributed by atoms with van der Waals surface area (Å²) >= 11 is 0. The molecular formula is C14H19N3O2. The lowest BCUT2D eigenvalue weighted by Gasteiger charge is -2.23. The summed E-state index contributed by atoms with van der Waals surface area (Å²) in [5.41, 5.74) is 7.93. The maximum Gasteiger partial charge on any atom is 0.224 e. The van der Waals surface area contributed by atoms with Gasteiger partial charge < -0.3 is 15.1 Å². The standard InChI is InChI=1S/C14H19N3O2/c1-14(2,15)7-13(18)17(3)8-10-4-5-11-12(6-10)19-9-16-11/h4-6,9H,7-8,15H2,1-3H3. The molecule has 2 N–H and O–H groups in total. The average Bonchev–Trinajstić information content (AvgIpc) is 2.73. The Hall–Kier alpha value is -1.88. The van der Waals surface area contributed by atoms with Crippen molar-refractivity contribution in [3.63, 3.8) is 0 Å². The lowest BCUT2D eigenvalue weighted by Crippen LogP contribution is -2.39. The molecule has 0 fully saturated rings. The molecule has 0 aliphatic carbocycles. The van der Waals surface area contributed by atoms with Gasteiger partial charge >= 0.3 is 0 Å². The van der Waals surface area contributed by atoms with Gasteiger partial charge in [0.2, 0.25) is 5.91 Å². The molecule has 0 aliphatic rings. The Morgan fingerprint density at radius 3 is 2.89 bits per heavy atom. The van der Waals surface area contributed by atoms with Crippen LogP contribution in [0.25, 0.3) is 11.1 Å². The predicted octanol–water partition coefficient (Wildman–Crippen LogP) is 1.91. The molecule has 0 aliphatic heterocycles. The molecule has 1 heterocycles. The highest BCUT2D eigenvalue weighted by Crippen LogP contribution is 2.16. The summed E-state index contributed by atoms with van der Waals surface area (Å²) in [5.74, 6) is 0.0326. The number of rotatable bonds is 4. The molecule has 0 spiro atoms. The van der Waals surface area contributed by atoms with Crippen molar-refractivity contribution in [3.05, 3.63) is 30.2 Å². The molecule has 0 saturated carbocycles. The highest BCUT2D eigenvalue weighted by atomic mass is 16.3. The van der Waals surface area contributed by atoms with E-state index in [9.17, 15) is 4.79 Å². The van der Waals surface area contributed by atoms with Crippen molar-refractivity contribution in [2.45, 2.75) is 32.4 Å². The third kappa shape index (κ3) is 3.54. The fraction of sp³-hybridized carbons (Fsp3) is 0.429. The van der Waals surface area contributed by atoms with E-state index in [4.69, 9.17) is 10.2 Å². The van der Waals surface area contributed by atoms with Gasteiger partial charge in [-0.3, -0.25) is 4.79 Å². The summed E-state index contributed by atoms with van der Waals surface area (Å²) in [6, 6.07) is 5.74. The fourth-order valence-corrected chi connectivity index (χ4v) is 1.88. The second kappa shape index (κ2) is 5.01. The predicted molar refractivity (Wildman–Crippen MR) is 73.4 cm³/mol. The quantitative estimate of drug-likeness (QED) is 0.912. The summed E-state index contributed by atoms with van der Waals surface area (Å²) in [6.07, 6.45) is 1.74. The van der Waals surface area contributed by atoms with Gasteiger partial charge in [0, 0.05) is 25.6 Å². The van der Waals surface area contributed by atoms with E-state index in [1.165, 1.54) is 6.39 Å². The molecule has 0 unspecified atom stereocenters. The van der Waals surface area contributed by atoms with E-state index in [0.29, 0.717) is 13.0 Å². The minimum atomic E-state index is -0.486. The number of hydrogen-bond donors (Lipinski definition) is 1. The van der Waals surface area contributed by atoms with Gasteiger partial charge in [0.1, 0.15) is 5.52 Å². The Balaban J connectivity index is 2.05. The average molecular weight is 261 g/mol. The first-order chi connectivity index (χ1) is 8.85. The summed E-state index contributed by atoms with van der Waals surface area (Å²) in [6.45, 7) is 4.23. The topological polar surface area (TPSA) is 72.4 Å². The molecule has 102 valence electrons. The maximum atomic E-state index is 12.0. The van der Waals surface area contributed by atoms with Crippen molar-refractivity contribution in [2.24, 2.45) is 5.73 Å². The normalized spacial score (nSPS) is 11.8. The van der Waals surface area contributed by atoms with Gasteiger partial charge in [-0.1, -0.05) is 6.07 Å². The lowest BCUT2D eigenvalue weighted by atomic mass is 10.0. The number of fused-ring (bicyclic) bond motifs is 1. The van der Waals surface area contributed by atoms with Crippen molar-refractivity contribution in [2.75, 3.05) is 7.05 Å². The molecule has 2 aromatic rings. The van der Waals surface area contributed by atoms with Gasteiger partial charge in [-0.25, -0.2) is 4.98 Å². The molecule has 19 heavy (non-hydrogen) atoms. The fourth-order valence-electron chi connectivity index (χ4n) is 1.88. The zero-order valence-electron chi connectivity index (χ0n) is 11.5. The highest BCUT2D eigenvalue weighted by Gasteiger charge is 2.19. The van der Waals surface area contributed by atoms with Crippen LogP contribution in [0.1, 0.15) is 25.8 Å². The van der Waals surface area contributed by atoms with Crippen LogP contribution in [0.3, 0.4) is 0 Å². The molecule has 0 saturated heterocycles. The van der Waals surface area contributed by atoms with Crippen LogP contribution in [0.5, 0.6) is 0 Å². The zero-order valence-corrected chi connectivity index (χ0v) is 11.5. The molecule has 1 aromatic carbocycles. The number of oxazole rings is 1. The molecule has 0 bridgehead atoms. The largest absolute Gasteiger partial charge is 0.443 e. The first-order valence-electron chi connectivity index (χ1n) is 6.20. The number of carbonyl (C=O) groups excluding carboxylic acids is 1. The van der Waals surface area contributed by atoms with Gasteiger partial charge in [-0.15, -0.1) is 0 Å². The lowest BCUT2D eigenvalue weighted by molar-refractivity contribution is -0.131. The van der Waals surface area contributed by atoms with Crippen molar-refractivity contribution in [1.29, 1.82) is 0 Å².